The molecule has 0 radical (unpaired) electrons. The molecule has 110 valence electrons. The van der Waals surface area contributed by atoms with Crippen LogP contribution in [0.1, 0.15) is 19.8 Å². The summed E-state index contributed by atoms with van der Waals surface area (Å²) >= 11 is 11.8. The molecular formula is C13H20Cl3NO2. The van der Waals surface area contributed by atoms with Crippen LogP contribution >= 0.6 is 35.6 Å². The zero-order valence-corrected chi connectivity index (χ0v) is 13.4. The molecule has 0 unspecified atom stereocenters. The molecule has 0 saturated carbocycles. The Morgan fingerprint density at radius 2 is 1.84 bits per heavy atom. The summed E-state index contributed by atoms with van der Waals surface area (Å²) in [6.07, 6.45) is 0.872. The van der Waals surface area contributed by atoms with Crippen molar-refractivity contribution in [3.8, 4) is 5.75 Å². The van der Waals surface area contributed by atoms with E-state index in [-0.39, 0.29) is 18.5 Å². The Morgan fingerprint density at radius 1 is 1.26 bits per heavy atom. The van der Waals surface area contributed by atoms with Crippen LogP contribution in [0.3, 0.4) is 0 Å². The minimum Gasteiger partial charge on any atom is -0.488 e. The molecule has 2 N–H and O–H groups in total. The lowest BCUT2D eigenvalue weighted by molar-refractivity contribution is 0.0324. The quantitative estimate of drug-likeness (QED) is 0.804. The molecule has 0 aliphatic heterocycles. The molecule has 6 heteroatoms. The van der Waals surface area contributed by atoms with E-state index in [1.807, 2.05) is 6.92 Å². The van der Waals surface area contributed by atoms with E-state index in [0.717, 1.165) is 12.8 Å². The number of aliphatic hydroxyl groups is 1. The minimum atomic E-state index is -0.562. The number of hydrogen-bond acceptors (Lipinski definition) is 3. The van der Waals surface area contributed by atoms with Crippen molar-refractivity contribution in [2.24, 2.45) is 0 Å². The van der Waals surface area contributed by atoms with Crippen LogP contribution in [-0.4, -0.2) is 30.9 Å². The van der Waals surface area contributed by atoms with Gasteiger partial charge in [0, 0.05) is 16.6 Å². The summed E-state index contributed by atoms with van der Waals surface area (Å²) in [7, 11) is 1.79. The van der Waals surface area contributed by atoms with Gasteiger partial charge in [0.15, 0.2) is 0 Å². The molecule has 0 aliphatic carbocycles. The second-order valence-electron chi connectivity index (χ2n) is 4.18. The molecule has 1 aromatic carbocycles. The molecule has 3 nitrogen and oxygen atoms in total. The number of rotatable bonds is 7. The fraction of sp³-hybridized carbons (Fsp3) is 0.538. The van der Waals surface area contributed by atoms with Crippen molar-refractivity contribution in [1.29, 1.82) is 0 Å². The van der Waals surface area contributed by atoms with Gasteiger partial charge in [-0.2, -0.15) is 0 Å². The molecule has 1 aromatic rings. The van der Waals surface area contributed by atoms with Crippen molar-refractivity contribution >= 4 is 35.6 Å². The van der Waals surface area contributed by atoms with Crippen LogP contribution in [0.25, 0.3) is 0 Å². The normalized spacial score (nSPS) is 13.5. The number of aliphatic hydroxyl groups excluding tert-OH is 1. The number of nitrogens with one attached hydrogen (secondary N) is 1. The molecule has 0 fully saturated rings. The molecule has 0 aliphatic rings. The van der Waals surface area contributed by atoms with Crippen molar-refractivity contribution < 1.29 is 9.84 Å². The van der Waals surface area contributed by atoms with Crippen LogP contribution < -0.4 is 10.1 Å². The van der Waals surface area contributed by atoms with E-state index in [9.17, 15) is 5.11 Å². The lowest BCUT2D eigenvalue weighted by Crippen LogP contribution is -2.38. The van der Waals surface area contributed by atoms with Crippen LogP contribution in [0.4, 0.5) is 0 Å². The van der Waals surface area contributed by atoms with Crippen LogP contribution in [0.2, 0.25) is 10.0 Å². The van der Waals surface area contributed by atoms with Gasteiger partial charge in [-0.05, 0) is 31.7 Å². The van der Waals surface area contributed by atoms with Gasteiger partial charge in [-0.25, -0.2) is 0 Å². The lowest BCUT2D eigenvalue weighted by atomic mass is 10.1. The smallest absolute Gasteiger partial charge is 0.126 e. The Morgan fingerprint density at radius 3 is 2.32 bits per heavy atom. The standard InChI is InChI=1S/C13H19Cl2NO2.ClH/c1-3-4-13(12(17)8-16-2)18-11-6-9(14)5-10(15)7-11;/h5-7,12-13,16-17H,3-4,8H2,1-2H3;1H/t12-,13-;/m0./s1. The van der Waals surface area contributed by atoms with Gasteiger partial charge >= 0.3 is 0 Å². The molecule has 1 rings (SSSR count). The number of hydrogen-bond donors (Lipinski definition) is 2. The van der Waals surface area contributed by atoms with Gasteiger partial charge in [0.25, 0.3) is 0 Å². The summed E-state index contributed by atoms with van der Waals surface area (Å²) in [5.74, 6) is 0.584. The number of ether oxygens (including phenoxy) is 1. The first-order chi connectivity index (χ1) is 8.56. The minimum absolute atomic E-state index is 0. The summed E-state index contributed by atoms with van der Waals surface area (Å²) in [4.78, 5) is 0. The predicted molar refractivity (Wildman–Crippen MR) is 83.0 cm³/mol. The van der Waals surface area contributed by atoms with E-state index in [0.29, 0.717) is 22.3 Å². The second kappa shape index (κ2) is 9.67. The first-order valence-corrected chi connectivity index (χ1v) is 6.77. The third-order valence-corrected chi connectivity index (χ3v) is 2.98. The largest absolute Gasteiger partial charge is 0.488 e. The third-order valence-electron chi connectivity index (χ3n) is 2.54. The van der Waals surface area contributed by atoms with Crippen LogP contribution in [0.5, 0.6) is 5.75 Å². The summed E-state index contributed by atoms with van der Waals surface area (Å²) in [5, 5.41) is 14.0. The first-order valence-electron chi connectivity index (χ1n) is 6.02. The molecule has 0 saturated heterocycles. The Kier molecular flexibility index (Phi) is 9.58. The van der Waals surface area contributed by atoms with E-state index in [4.69, 9.17) is 27.9 Å². The highest BCUT2D eigenvalue weighted by atomic mass is 35.5. The molecule has 0 bridgehead atoms. The summed E-state index contributed by atoms with van der Waals surface area (Å²) in [6, 6.07) is 5.04. The summed E-state index contributed by atoms with van der Waals surface area (Å²) in [6.45, 7) is 2.53. The number of likely N-dealkylation sites (N-methyl/N-ethyl adjacent to an activating group) is 1. The van der Waals surface area contributed by atoms with Gasteiger partial charge < -0.3 is 15.2 Å². The Labute approximate surface area is 130 Å². The number of benzene rings is 1. The van der Waals surface area contributed by atoms with Crippen molar-refractivity contribution in [1.82, 2.24) is 5.32 Å². The fourth-order valence-corrected chi connectivity index (χ4v) is 2.23. The average Bonchev–Trinajstić information content (AvgIpc) is 2.27. The van der Waals surface area contributed by atoms with Crippen molar-refractivity contribution in [2.75, 3.05) is 13.6 Å². The molecular weight excluding hydrogens is 309 g/mol. The van der Waals surface area contributed by atoms with Gasteiger partial charge in [0.05, 0.1) is 0 Å². The van der Waals surface area contributed by atoms with Crippen LogP contribution in [0, 0.1) is 0 Å². The Balaban J connectivity index is 0.00000324. The molecule has 2 atom stereocenters. The maximum atomic E-state index is 9.99. The topological polar surface area (TPSA) is 41.5 Å². The van der Waals surface area contributed by atoms with Crippen molar-refractivity contribution in [2.45, 2.75) is 32.0 Å². The Bertz CT molecular complexity index is 357. The predicted octanol–water partition coefficient (Wildman–Crippen LogP) is 3.54. The monoisotopic (exact) mass is 327 g/mol. The van der Waals surface area contributed by atoms with Gasteiger partial charge in [-0.1, -0.05) is 36.5 Å². The van der Waals surface area contributed by atoms with E-state index in [1.54, 1.807) is 25.2 Å². The highest BCUT2D eigenvalue weighted by Gasteiger charge is 2.19. The Hall–Kier alpha value is -0.190. The van der Waals surface area contributed by atoms with E-state index >= 15 is 0 Å². The molecule has 0 aromatic heterocycles. The fourth-order valence-electron chi connectivity index (χ4n) is 1.73. The summed E-state index contributed by atoms with van der Waals surface area (Å²) < 4.78 is 5.77. The van der Waals surface area contributed by atoms with Crippen LogP contribution in [0.15, 0.2) is 18.2 Å². The molecule has 0 spiro atoms. The third kappa shape index (κ3) is 6.68. The van der Waals surface area contributed by atoms with Gasteiger partial charge in [0.2, 0.25) is 0 Å². The lowest BCUT2D eigenvalue weighted by Gasteiger charge is -2.24. The molecule has 19 heavy (non-hydrogen) atoms. The number of halogens is 3. The first kappa shape index (κ1) is 18.8. The van der Waals surface area contributed by atoms with Crippen LogP contribution in [-0.2, 0) is 0 Å². The molecule has 0 amide bonds. The van der Waals surface area contributed by atoms with E-state index in [2.05, 4.69) is 5.32 Å². The highest BCUT2D eigenvalue weighted by Crippen LogP contribution is 2.26. The SMILES string of the molecule is CCC[C@H](Oc1cc(Cl)cc(Cl)c1)[C@@H](O)CNC.Cl. The summed E-state index contributed by atoms with van der Waals surface area (Å²) in [5.41, 5.74) is 0. The van der Waals surface area contributed by atoms with E-state index < -0.39 is 6.10 Å². The van der Waals surface area contributed by atoms with Gasteiger partial charge in [-0.3, -0.25) is 0 Å². The van der Waals surface area contributed by atoms with Crippen molar-refractivity contribution in [3.05, 3.63) is 28.2 Å². The van der Waals surface area contributed by atoms with Crippen molar-refractivity contribution in [3.63, 3.8) is 0 Å². The maximum Gasteiger partial charge on any atom is 0.126 e. The zero-order chi connectivity index (χ0) is 13.5. The average molecular weight is 329 g/mol. The maximum absolute atomic E-state index is 9.99. The van der Waals surface area contributed by atoms with Gasteiger partial charge in [0.1, 0.15) is 18.0 Å². The van der Waals surface area contributed by atoms with Gasteiger partial charge in [-0.15, -0.1) is 12.4 Å². The molecule has 0 heterocycles. The zero-order valence-electron chi connectivity index (χ0n) is 11.0. The highest BCUT2D eigenvalue weighted by molar-refractivity contribution is 6.34. The van der Waals surface area contributed by atoms with E-state index in [1.165, 1.54) is 0 Å². The second-order valence-corrected chi connectivity index (χ2v) is 5.05.